The van der Waals surface area contributed by atoms with Crippen molar-refractivity contribution in [3.05, 3.63) is 215 Å². The minimum absolute atomic E-state index is 0.0768. The Morgan fingerprint density at radius 2 is 0.646 bits per heavy atom. The Kier molecular flexibility index (Phi) is 17.4. The summed E-state index contributed by atoms with van der Waals surface area (Å²) in [7, 11) is 0. The number of ether oxygens (including phenoxy) is 9. The molecule has 0 saturated carbocycles. The topological polar surface area (TPSA) is 124 Å². The van der Waals surface area contributed by atoms with Crippen LogP contribution in [0, 0.1) is 0 Å². The van der Waals surface area contributed by atoms with E-state index in [2.05, 4.69) is 0 Å². The van der Waals surface area contributed by atoms with E-state index in [1.165, 1.54) is 0 Å². The predicted molar refractivity (Wildman–Crippen MR) is 243 cm³/mol. The van der Waals surface area contributed by atoms with E-state index in [0.29, 0.717) is 13.2 Å². The van der Waals surface area contributed by atoms with Gasteiger partial charge in [-0.15, -0.1) is 0 Å². The summed E-state index contributed by atoms with van der Waals surface area (Å²) in [5.74, 6) is 0. The summed E-state index contributed by atoms with van der Waals surface area (Å²) in [5, 5.41) is 24.4. The Labute approximate surface area is 381 Å². The quantitative estimate of drug-likeness (QED) is 0.0691. The monoisotopic (exact) mass is 882 g/mol. The first kappa shape index (κ1) is 46.4. The molecule has 0 unspecified atom stereocenters. The van der Waals surface area contributed by atoms with E-state index in [1.54, 1.807) is 0 Å². The van der Waals surface area contributed by atoms with Crippen LogP contribution in [0.25, 0.3) is 0 Å². The predicted octanol–water partition coefficient (Wildman–Crippen LogP) is 7.95. The van der Waals surface area contributed by atoms with Crippen molar-refractivity contribution in [1.82, 2.24) is 0 Å². The molecule has 2 fully saturated rings. The molecule has 0 amide bonds. The van der Waals surface area contributed by atoms with Gasteiger partial charge in [0.15, 0.2) is 12.6 Å². The minimum atomic E-state index is -1.54. The first-order valence-electron chi connectivity index (χ1n) is 22.3. The fourth-order valence-electron chi connectivity index (χ4n) is 8.05. The number of aliphatic hydroxyl groups excluding tert-OH is 2. The zero-order valence-corrected chi connectivity index (χ0v) is 36.3. The Balaban J connectivity index is 1.09. The van der Waals surface area contributed by atoms with Gasteiger partial charge in [-0.2, -0.15) is 0 Å². The summed E-state index contributed by atoms with van der Waals surface area (Å²) >= 11 is 0. The number of aliphatic hydroxyl groups is 2. The van der Waals surface area contributed by atoms with E-state index in [4.69, 9.17) is 42.6 Å². The molecule has 0 aromatic heterocycles. The molecule has 11 nitrogen and oxygen atoms in total. The third-order valence-electron chi connectivity index (χ3n) is 11.4. The molecule has 0 bridgehead atoms. The Bertz CT molecular complexity index is 2210. The van der Waals surface area contributed by atoms with E-state index in [9.17, 15) is 10.2 Å². The second-order valence-electron chi connectivity index (χ2n) is 16.2. The van der Waals surface area contributed by atoms with Gasteiger partial charge in [-0.3, -0.25) is 0 Å². The number of hydrogen-bond acceptors (Lipinski definition) is 11. The third kappa shape index (κ3) is 13.5. The molecule has 2 aliphatic rings. The molecule has 65 heavy (non-hydrogen) atoms. The molecule has 2 aliphatic heterocycles. The summed E-state index contributed by atoms with van der Waals surface area (Å²) in [6.07, 6.45) is -10.6. The highest BCUT2D eigenvalue weighted by atomic mass is 16.7. The van der Waals surface area contributed by atoms with Gasteiger partial charge in [-0.25, -0.2) is 0 Å². The van der Waals surface area contributed by atoms with Gasteiger partial charge in [-0.05, 0) is 33.4 Å². The molecular formula is C54H58O11. The Morgan fingerprint density at radius 1 is 0.338 bits per heavy atom. The zero-order chi connectivity index (χ0) is 44.5. The van der Waals surface area contributed by atoms with Gasteiger partial charge >= 0.3 is 0 Å². The highest BCUT2D eigenvalue weighted by Gasteiger charge is 2.53. The molecule has 0 radical (unpaired) electrons. The second kappa shape index (κ2) is 24.4. The molecule has 0 spiro atoms. The summed E-state index contributed by atoms with van der Waals surface area (Å²) < 4.78 is 59.0. The van der Waals surface area contributed by atoms with Gasteiger partial charge in [-0.1, -0.05) is 182 Å². The summed E-state index contributed by atoms with van der Waals surface area (Å²) in [6, 6.07) is 58.7. The highest BCUT2D eigenvalue weighted by Crippen LogP contribution is 2.35. The lowest BCUT2D eigenvalue weighted by molar-refractivity contribution is -0.375. The fraction of sp³-hybridized carbons (Fsp3) is 0.333. The molecule has 340 valence electrons. The molecule has 6 aromatic rings. The maximum Gasteiger partial charge on any atom is 0.187 e. The van der Waals surface area contributed by atoms with Crippen LogP contribution in [0.1, 0.15) is 33.4 Å². The van der Waals surface area contributed by atoms with Gasteiger partial charge in [0.1, 0.15) is 48.8 Å². The van der Waals surface area contributed by atoms with Crippen molar-refractivity contribution in [3.8, 4) is 0 Å². The highest BCUT2D eigenvalue weighted by molar-refractivity contribution is 5.18. The number of rotatable bonds is 22. The molecule has 0 aliphatic carbocycles. The Hall–Kier alpha value is -5.12. The number of benzene rings is 6. The molecule has 2 saturated heterocycles. The van der Waals surface area contributed by atoms with E-state index < -0.39 is 61.4 Å². The van der Waals surface area contributed by atoms with Crippen LogP contribution in [-0.2, 0) is 82.3 Å². The van der Waals surface area contributed by atoms with Gasteiger partial charge in [0, 0.05) is 0 Å². The first-order valence-corrected chi connectivity index (χ1v) is 22.3. The SMILES string of the molecule is O[C@H]1[C@H](O[C@@H]2[C@@H](OCc3ccccc3)[C@@H](OCc3ccccc3)[C@@H](COCc3ccccc3)O[C@H]2O)O[C@H](COCc2ccccc2)[C@H](OCc2ccccc2)[C@@H]1OCc1ccccc1. The average Bonchev–Trinajstić information content (AvgIpc) is 3.35. The van der Waals surface area contributed by atoms with Crippen molar-refractivity contribution in [1.29, 1.82) is 0 Å². The largest absolute Gasteiger partial charge is 0.385 e. The van der Waals surface area contributed by atoms with Gasteiger partial charge in [0.05, 0.1) is 52.9 Å². The third-order valence-corrected chi connectivity index (χ3v) is 11.4. The molecule has 2 N–H and O–H groups in total. The molecule has 2 heterocycles. The van der Waals surface area contributed by atoms with Crippen LogP contribution in [0.15, 0.2) is 182 Å². The molecule has 8 rings (SSSR count). The summed E-state index contributed by atoms with van der Waals surface area (Å²) in [6.45, 7) is 1.60. The zero-order valence-electron chi connectivity index (χ0n) is 36.3. The standard InChI is InChI=1S/C54H58O11/c55-47-50(61-35-43-27-15-5-16-28-43)48(59-33-41-23-11-3-12-24-41)46(38-58-32-40-21-9-2-10-22-40)64-54(47)65-52-51(62-36-44-29-17-6-18-30-44)49(60-34-42-25-13-4-14-26-42)45(63-53(52)56)37-57-31-39-19-7-1-8-20-39/h1-30,45-56H,31-38H2/t45-,46-,47-,48+,49+,50-,51+,52-,53-,54+/m1/s1. The van der Waals surface area contributed by atoms with Crippen molar-refractivity contribution >= 4 is 0 Å². The maximum atomic E-state index is 12.4. The van der Waals surface area contributed by atoms with Crippen molar-refractivity contribution < 1.29 is 52.8 Å². The smallest absolute Gasteiger partial charge is 0.187 e. The molecule has 6 aromatic carbocycles. The van der Waals surface area contributed by atoms with E-state index in [1.807, 2.05) is 182 Å². The van der Waals surface area contributed by atoms with Crippen molar-refractivity contribution in [2.75, 3.05) is 13.2 Å². The average molecular weight is 883 g/mol. The van der Waals surface area contributed by atoms with Crippen LogP contribution in [0.5, 0.6) is 0 Å². The van der Waals surface area contributed by atoms with Gasteiger partial charge in [0.25, 0.3) is 0 Å². The van der Waals surface area contributed by atoms with E-state index in [0.717, 1.165) is 33.4 Å². The summed E-state index contributed by atoms with van der Waals surface area (Å²) in [4.78, 5) is 0. The van der Waals surface area contributed by atoms with Gasteiger partial charge in [0.2, 0.25) is 0 Å². The first-order chi connectivity index (χ1) is 32.1. The van der Waals surface area contributed by atoms with Crippen molar-refractivity contribution in [2.24, 2.45) is 0 Å². The van der Waals surface area contributed by atoms with Crippen LogP contribution in [-0.4, -0.2) is 84.8 Å². The van der Waals surface area contributed by atoms with Crippen LogP contribution in [0.3, 0.4) is 0 Å². The molecule has 10 atom stereocenters. The Morgan fingerprint density at radius 3 is 1.03 bits per heavy atom. The lowest BCUT2D eigenvalue weighted by Crippen LogP contribution is -2.65. The van der Waals surface area contributed by atoms with E-state index in [-0.39, 0.29) is 39.6 Å². The van der Waals surface area contributed by atoms with Crippen molar-refractivity contribution in [2.45, 2.75) is 101 Å². The molecular weight excluding hydrogens is 825 g/mol. The van der Waals surface area contributed by atoms with Crippen LogP contribution in [0.4, 0.5) is 0 Å². The number of hydrogen-bond donors (Lipinski definition) is 2. The summed E-state index contributed by atoms with van der Waals surface area (Å²) in [5.41, 5.74) is 5.67. The van der Waals surface area contributed by atoms with E-state index >= 15 is 0 Å². The fourth-order valence-corrected chi connectivity index (χ4v) is 8.05. The minimum Gasteiger partial charge on any atom is -0.385 e. The lowest BCUT2D eigenvalue weighted by Gasteiger charge is -2.48. The van der Waals surface area contributed by atoms with Crippen LogP contribution < -0.4 is 0 Å². The van der Waals surface area contributed by atoms with Crippen molar-refractivity contribution in [3.63, 3.8) is 0 Å². The van der Waals surface area contributed by atoms with Crippen LogP contribution in [0.2, 0.25) is 0 Å². The lowest BCUT2D eigenvalue weighted by atomic mass is 9.96. The normalized spacial score (nSPS) is 25.6. The maximum absolute atomic E-state index is 12.4. The van der Waals surface area contributed by atoms with Crippen LogP contribution >= 0.6 is 0 Å². The second-order valence-corrected chi connectivity index (χ2v) is 16.2. The van der Waals surface area contributed by atoms with Gasteiger partial charge < -0.3 is 52.8 Å². The molecule has 11 heteroatoms.